The van der Waals surface area contributed by atoms with Gasteiger partial charge in [-0.15, -0.1) is 11.3 Å². The second-order valence-electron chi connectivity index (χ2n) is 7.48. The van der Waals surface area contributed by atoms with Gasteiger partial charge in [0.05, 0.1) is 20.9 Å². The van der Waals surface area contributed by atoms with Gasteiger partial charge in [0.25, 0.3) is 0 Å². The predicted octanol–water partition coefficient (Wildman–Crippen LogP) is 2.83. The van der Waals surface area contributed by atoms with E-state index in [0.717, 1.165) is 79.1 Å². The first-order valence-electron chi connectivity index (χ1n) is 9.78. The van der Waals surface area contributed by atoms with Crippen molar-refractivity contribution >= 4 is 33.2 Å². The number of aromatic nitrogens is 3. The molecule has 0 radical (unpaired) electrons. The number of thiazole rings is 1. The highest BCUT2D eigenvalue weighted by molar-refractivity contribution is 7.18. The van der Waals surface area contributed by atoms with Gasteiger partial charge in [0.2, 0.25) is 5.95 Å². The fourth-order valence-corrected chi connectivity index (χ4v) is 4.79. The van der Waals surface area contributed by atoms with Gasteiger partial charge >= 0.3 is 0 Å². The molecule has 28 heavy (non-hydrogen) atoms. The molecule has 0 aliphatic carbocycles. The van der Waals surface area contributed by atoms with Crippen LogP contribution in [0.1, 0.15) is 21.8 Å². The number of piperazine rings is 1. The summed E-state index contributed by atoms with van der Waals surface area (Å²) in [6, 6.07) is 6.67. The Morgan fingerprint density at radius 3 is 2.89 bits per heavy atom. The number of anilines is 1. The van der Waals surface area contributed by atoms with E-state index < -0.39 is 0 Å². The first kappa shape index (κ1) is 17.6. The third kappa shape index (κ3) is 3.36. The largest absolute Gasteiger partial charge is 0.385 e. The van der Waals surface area contributed by atoms with Crippen molar-refractivity contribution in [1.29, 1.82) is 0 Å². The lowest BCUT2D eigenvalue weighted by Gasteiger charge is -2.35. The summed E-state index contributed by atoms with van der Waals surface area (Å²) in [5.41, 5.74) is 5.56. The average Bonchev–Trinajstić information content (AvgIpc) is 3.08. The van der Waals surface area contributed by atoms with Crippen molar-refractivity contribution < 1.29 is 0 Å². The molecule has 2 aliphatic rings. The van der Waals surface area contributed by atoms with Gasteiger partial charge in [-0.3, -0.25) is 4.90 Å². The minimum Gasteiger partial charge on any atom is -0.385 e. The zero-order valence-electron chi connectivity index (χ0n) is 16.1. The summed E-state index contributed by atoms with van der Waals surface area (Å²) in [4.78, 5) is 18.8. The van der Waals surface area contributed by atoms with E-state index in [2.05, 4.69) is 56.8 Å². The molecule has 3 aromatic rings. The second-order valence-corrected chi connectivity index (χ2v) is 8.72. The Morgan fingerprint density at radius 2 is 2.04 bits per heavy atom. The fraction of sp³-hybridized carbons (Fsp3) is 0.381. The van der Waals surface area contributed by atoms with Crippen LogP contribution in [0.3, 0.4) is 0 Å². The van der Waals surface area contributed by atoms with E-state index in [0.29, 0.717) is 0 Å². The second kappa shape index (κ2) is 7.14. The summed E-state index contributed by atoms with van der Waals surface area (Å²) in [5, 5.41) is 4.41. The van der Waals surface area contributed by atoms with Gasteiger partial charge in [-0.25, -0.2) is 15.0 Å². The van der Waals surface area contributed by atoms with Crippen molar-refractivity contribution in [3.05, 3.63) is 52.8 Å². The standard InChI is InChI=1S/C21H24N6S/c1-14-17-12-23-21(25-18(17)5-6-22-14)27-9-7-26(8-10-27)13-16-3-4-20-19(11-16)24-15(2)28-20/h3-4,11-12,22H,1,5-10,13H2,2H3. The summed E-state index contributed by atoms with van der Waals surface area (Å²) >= 11 is 1.76. The number of nitrogens with zero attached hydrogens (tertiary/aromatic N) is 5. The molecule has 7 heteroatoms. The van der Waals surface area contributed by atoms with Crippen LogP contribution >= 0.6 is 11.3 Å². The van der Waals surface area contributed by atoms with Crippen LogP contribution in [0.25, 0.3) is 15.9 Å². The monoisotopic (exact) mass is 392 g/mol. The number of rotatable bonds is 3. The van der Waals surface area contributed by atoms with E-state index in [1.807, 2.05) is 6.20 Å². The SMILES string of the molecule is C=C1NCCc2nc(N3CCN(Cc4ccc5sc(C)nc5c4)CC3)ncc21. The van der Waals surface area contributed by atoms with Gasteiger partial charge < -0.3 is 10.2 Å². The molecular formula is C21H24N6S. The smallest absolute Gasteiger partial charge is 0.225 e. The summed E-state index contributed by atoms with van der Waals surface area (Å²) < 4.78 is 1.27. The van der Waals surface area contributed by atoms with Crippen molar-refractivity contribution in [2.45, 2.75) is 19.9 Å². The first-order valence-corrected chi connectivity index (χ1v) is 10.6. The van der Waals surface area contributed by atoms with Crippen molar-refractivity contribution in [3.8, 4) is 0 Å². The molecule has 0 spiro atoms. The van der Waals surface area contributed by atoms with Crippen LogP contribution in [0.4, 0.5) is 5.95 Å². The van der Waals surface area contributed by atoms with Gasteiger partial charge in [0.1, 0.15) is 0 Å². The molecule has 6 nitrogen and oxygen atoms in total. The molecule has 1 N–H and O–H groups in total. The highest BCUT2D eigenvalue weighted by Gasteiger charge is 2.21. The Kier molecular flexibility index (Phi) is 4.49. The summed E-state index contributed by atoms with van der Waals surface area (Å²) in [5.74, 6) is 0.854. The van der Waals surface area contributed by atoms with Crippen molar-refractivity contribution in [2.24, 2.45) is 0 Å². The van der Waals surface area contributed by atoms with Crippen LogP contribution in [0.2, 0.25) is 0 Å². The van der Waals surface area contributed by atoms with Gasteiger partial charge in [-0.1, -0.05) is 12.6 Å². The first-order chi connectivity index (χ1) is 13.7. The topological polar surface area (TPSA) is 57.2 Å². The van der Waals surface area contributed by atoms with Crippen LogP contribution in [-0.2, 0) is 13.0 Å². The number of hydrogen-bond acceptors (Lipinski definition) is 7. The third-order valence-electron chi connectivity index (χ3n) is 5.50. The molecule has 0 saturated carbocycles. The molecule has 1 fully saturated rings. The Morgan fingerprint density at radius 1 is 1.18 bits per heavy atom. The zero-order chi connectivity index (χ0) is 19.1. The lowest BCUT2D eigenvalue weighted by molar-refractivity contribution is 0.248. The van der Waals surface area contributed by atoms with E-state index in [-0.39, 0.29) is 0 Å². The molecule has 1 saturated heterocycles. The van der Waals surface area contributed by atoms with Gasteiger partial charge in [0.15, 0.2) is 0 Å². The van der Waals surface area contributed by atoms with E-state index in [4.69, 9.17) is 4.98 Å². The highest BCUT2D eigenvalue weighted by Crippen LogP contribution is 2.24. The van der Waals surface area contributed by atoms with Crippen molar-refractivity contribution in [1.82, 2.24) is 25.2 Å². The Labute approximate surface area is 168 Å². The maximum absolute atomic E-state index is 4.82. The van der Waals surface area contributed by atoms with Crippen LogP contribution < -0.4 is 10.2 Å². The molecule has 0 amide bonds. The molecule has 2 aromatic heterocycles. The minimum absolute atomic E-state index is 0.854. The van der Waals surface area contributed by atoms with Gasteiger partial charge in [0, 0.05) is 63.1 Å². The van der Waals surface area contributed by atoms with Crippen LogP contribution in [0.5, 0.6) is 0 Å². The predicted molar refractivity (Wildman–Crippen MR) is 115 cm³/mol. The average molecular weight is 393 g/mol. The molecule has 0 atom stereocenters. The van der Waals surface area contributed by atoms with Crippen molar-refractivity contribution in [2.75, 3.05) is 37.6 Å². The van der Waals surface area contributed by atoms with Gasteiger partial charge in [-0.2, -0.15) is 0 Å². The summed E-state index contributed by atoms with van der Waals surface area (Å²) in [6.07, 6.45) is 2.85. The molecule has 1 aromatic carbocycles. The molecule has 0 bridgehead atoms. The Balaban J connectivity index is 1.24. The maximum Gasteiger partial charge on any atom is 0.225 e. The zero-order valence-corrected chi connectivity index (χ0v) is 16.9. The highest BCUT2D eigenvalue weighted by atomic mass is 32.1. The van der Waals surface area contributed by atoms with E-state index in [1.165, 1.54) is 10.3 Å². The third-order valence-corrected chi connectivity index (χ3v) is 6.45. The van der Waals surface area contributed by atoms with E-state index in [1.54, 1.807) is 11.3 Å². The summed E-state index contributed by atoms with van der Waals surface area (Å²) in [6.45, 7) is 11.9. The van der Waals surface area contributed by atoms with Crippen LogP contribution in [0, 0.1) is 6.92 Å². The minimum atomic E-state index is 0.854. The molecule has 144 valence electrons. The molecule has 2 aliphatic heterocycles. The Hall–Kier alpha value is -2.51. The number of aryl methyl sites for hydroxylation is 1. The van der Waals surface area contributed by atoms with Crippen LogP contribution in [0.15, 0.2) is 31.0 Å². The molecule has 5 rings (SSSR count). The lowest BCUT2D eigenvalue weighted by atomic mass is 10.1. The molecular weight excluding hydrogens is 368 g/mol. The van der Waals surface area contributed by atoms with E-state index >= 15 is 0 Å². The van der Waals surface area contributed by atoms with Crippen molar-refractivity contribution in [3.63, 3.8) is 0 Å². The number of fused-ring (bicyclic) bond motifs is 2. The Bertz CT molecular complexity index is 1030. The quantitative estimate of drug-likeness (QED) is 0.740. The lowest BCUT2D eigenvalue weighted by Crippen LogP contribution is -2.46. The number of nitrogens with one attached hydrogen (secondary N) is 1. The van der Waals surface area contributed by atoms with Gasteiger partial charge in [-0.05, 0) is 24.6 Å². The fourth-order valence-electron chi connectivity index (χ4n) is 3.98. The maximum atomic E-state index is 4.82. The molecule has 0 unspecified atom stereocenters. The number of hydrogen-bond donors (Lipinski definition) is 1. The normalized spacial score (nSPS) is 17.6. The molecule has 4 heterocycles. The summed E-state index contributed by atoms with van der Waals surface area (Å²) in [7, 11) is 0. The van der Waals surface area contributed by atoms with E-state index in [9.17, 15) is 0 Å². The number of benzene rings is 1. The van der Waals surface area contributed by atoms with Crippen LogP contribution in [-0.4, -0.2) is 52.6 Å².